The molecule has 0 radical (unpaired) electrons. The molecule has 2 aromatic rings. The molecule has 5 heteroatoms. The topological polar surface area (TPSA) is 51.0 Å². The Balaban J connectivity index is 1.68. The van der Waals surface area contributed by atoms with E-state index in [1.807, 2.05) is 17.5 Å². The first kappa shape index (κ1) is 10.9. The molecule has 0 aliphatic carbocycles. The summed E-state index contributed by atoms with van der Waals surface area (Å²) >= 11 is 1.63. The van der Waals surface area contributed by atoms with Crippen molar-refractivity contribution in [2.24, 2.45) is 5.92 Å². The fourth-order valence-electron chi connectivity index (χ4n) is 2.18. The normalized spacial score (nSPS) is 17.4. The lowest BCUT2D eigenvalue weighted by Crippen LogP contribution is -2.28. The van der Waals surface area contributed by atoms with E-state index in [-0.39, 0.29) is 0 Å². The largest absolute Gasteiger partial charge is 0.333 e. The molecule has 0 amide bonds. The molecule has 2 aromatic heterocycles. The summed E-state index contributed by atoms with van der Waals surface area (Å²) < 4.78 is 5.28. The van der Waals surface area contributed by atoms with Crippen LogP contribution >= 0.6 is 11.3 Å². The van der Waals surface area contributed by atoms with Gasteiger partial charge < -0.3 is 9.84 Å². The highest BCUT2D eigenvalue weighted by molar-refractivity contribution is 7.13. The monoisotopic (exact) mass is 249 g/mol. The van der Waals surface area contributed by atoms with Gasteiger partial charge in [-0.1, -0.05) is 11.2 Å². The summed E-state index contributed by atoms with van der Waals surface area (Å²) in [5, 5.41) is 9.45. The number of hydrogen-bond acceptors (Lipinski definition) is 5. The van der Waals surface area contributed by atoms with Gasteiger partial charge in [-0.3, -0.25) is 0 Å². The van der Waals surface area contributed by atoms with E-state index in [0.29, 0.717) is 11.8 Å². The smallest absolute Gasteiger partial charge is 0.267 e. The second kappa shape index (κ2) is 4.98. The van der Waals surface area contributed by atoms with Crippen LogP contribution in [0.3, 0.4) is 0 Å². The van der Waals surface area contributed by atoms with Crippen molar-refractivity contribution < 1.29 is 4.52 Å². The molecule has 1 saturated heterocycles. The summed E-state index contributed by atoms with van der Waals surface area (Å²) in [4.78, 5) is 5.51. The number of nitrogens with zero attached hydrogens (tertiary/aromatic N) is 2. The highest BCUT2D eigenvalue weighted by Crippen LogP contribution is 2.24. The molecule has 1 fully saturated rings. The summed E-state index contributed by atoms with van der Waals surface area (Å²) in [6, 6.07) is 4.00. The van der Waals surface area contributed by atoms with Crippen molar-refractivity contribution >= 4 is 11.3 Å². The zero-order chi connectivity index (χ0) is 11.5. The first-order valence-electron chi connectivity index (χ1n) is 5.99. The molecule has 1 aliphatic heterocycles. The van der Waals surface area contributed by atoms with Gasteiger partial charge in [-0.05, 0) is 43.3 Å². The molecule has 1 aliphatic rings. The lowest BCUT2D eigenvalue weighted by Gasteiger charge is -2.20. The molecule has 1 N–H and O–H groups in total. The Hall–Kier alpha value is -1.20. The van der Waals surface area contributed by atoms with Crippen LogP contribution < -0.4 is 5.32 Å². The summed E-state index contributed by atoms with van der Waals surface area (Å²) in [6.07, 6.45) is 3.36. The third-order valence-corrected chi connectivity index (χ3v) is 3.99. The van der Waals surface area contributed by atoms with E-state index in [4.69, 9.17) is 4.52 Å². The van der Waals surface area contributed by atoms with Crippen molar-refractivity contribution in [3.05, 3.63) is 23.3 Å². The van der Waals surface area contributed by atoms with Crippen molar-refractivity contribution in [1.29, 1.82) is 0 Å². The molecule has 4 nitrogen and oxygen atoms in total. The zero-order valence-electron chi connectivity index (χ0n) is 9.56. The average molecular weight is 249 g/mol. The lowest BCUT2D eigenvalue weighted by atomic mass is 9.94. The number of thiophene rings is 1. The molecular weight excluding hydrogens is 234 g/mol. The highest BCUT2D eigenvalue weighted by Gasteiger charge is 2.17. The second-order valence-electron chi connectivity index (χ2n) is 4.39. The summed E-state index contributed by atoms with van der Waals surface area (Å²) in [5.74, 6) is 2.20. The Bertz CT molecular complexity index is 460. The first-order chi connectivity index (χ1) is 8.42. The van der Waals surface area contributed by atoms with E-state index < -0.39 is 0 Å². The van der Waals surface area contributed by atoms with Crippen LogP contribution in [0.1, 0.15) is 18.7 Å². The quantitative estimate of drug-likeness (QED) is 0.907. The molecular formula is C12H15N3OS. The molecule has 0 saturated carbocycles. The maximum atomic E-state index is 5.28. The standard InChI is InChI=1S/C12H15N3OS/c1-2-10(17-7-1)12-14-11(15-16-12)8-9-3-5-13-6-4-9/h1-2,7,9,13H,3-6,8H2. The van der Waals surface area contributed by atoms with E-state index in [2.05, 4.69) is 15.5 Å². The van der Waals surface area contributed by atoms with Gasteiger partial charge in [0.2, 0.25) is 0 Å². The minimum atomic E-state index is 0.656. The summed E-state index contributed by atoms with van der Waals surface area (Å²) in [5.41, 5.74) is 0. The lowest BCUT2D eigenvalue weighted by molar-refractivity contribution is 0.356. The third kappa shape index (κ3) is 2.56. The maximum absolute atomic E-state index is 5.28. The number of hydrogen-bond donors (Lipinski definition) is 1. The molecule has 0 unspecified atom stereocenters. The number of rotatable bonds is 3. The van der Waals surface area contributed by atoms with E-state index >= 15 is 0 Å². The average Bonchev–Trinajstić information content (AvgIpc) is 3.00. The fraction of sp³-hybridized carbons (Fsp3) is 0.500. The highest BCUT2D eigenvalue weighted by atomic mass is 32.1. The Morgan fingerprint density at radius 3 is 3.06 bits per heavy atom. The molecule has 0 aromatic carbocycles. The van der Waals surface area contributed by atoms with Gasteiger partial charge in [0.15, 0.2) is 5.82 Å². The minimum Gasteiger partial charge on any atom is -0.333 e. The summed E-state index contributed by atoms with van der Waals surface area (Å²) in [7, 11) is 0. The Morgan fingerprint density at radius 2 is 2.29 bits per heavy atom. The zero-order valence-corrected chi connectivity index (χ0v) is 10.4. The molecule has 90 valence electrons. The van der Waals surface area contributed by atoms with Gasteiger partial charge >= 0.3 is 0 Å². The second-order valence-corrected chi connectivity index (χ2v) is 5.34. The molecule has 3 heterocycles. The fourth-order valence-corrected chi connectivity index (χ4v) is 2.83. The van der Waals surface area contributed by atoms with Gasteiger partial charge in [-0.25, -0.2) is 0 Å². The molecule has 17 heavy (non-hydrogen) atoms. The number of nitrogens with one attached hydrogen (secondary N) is 1. The maximum Gasteiger partial charge on any atom is 0.267 e. The van der Waals surface area contributed by atoms with Crippen molar-refractivity contribution in [3.63, 3.8) is 0 Å². The van der Waals surface area contributed by atoms with Crippen LogP contribution in [0.15, 0.2) is 22.0 Å². The van der Waals surface area contributed by atoms with Crippen LogP contribution in [0.4, 0.5) is 0 Å². The Morgan fingerprint density at radius 1 is 1.41 bits per heavy atom. The van der Waals surface area contributed by atoms with Gasteiger partial charge in [0.05, 0.1) is 4.88 Å². The predicted molar refractivity (Wildman–Crippen MR) is 66.9 cm³/mol. The van der Waals surface area contributed by atoms with Gasteiger partial charge in [-0.2, -0.15) is 4.98 Å². The van der Waals surface area contributed by atoms with Gasteiger partial charge in [0.25, 0.3) is 5.89 Å². The van der Waals surface area contributed by atoms with Gasteiger partial charge in [-0.15, -0.1) is 11.3 Å². The third-order valence-electron chi connectivity index (χ3n) is 3.13. The van der Waals surface area contributed by atoms with E-state index in [0.717, 1.165) is 30.2 Å². The van der Waals surface area contributed by atoms with E-state index in [1.54, 1.807) is 11.3 Å². The molecule has 0 atom stereocenters. The van der Waals surface area contributed by atoms with E-state index in [1.165, 1.54) is 12.8 Å². The summed E-state index contributed by atoms with van der Waals surface area (Å²) in [6.45, 7) is 2.22. The van der Waals surface area contributed by atoms with Gasteiger partial charge in [0.1, 0.15) is 0 Å². The van der Waals surface area contributed by atoms with Crippen molar-refractivity contribution in [1.82, 2.24) is 15.5 Å². The first-order valence-corrected chi connectivity index (χ1v) is 6.87. The predicted octanol–water partition coefficient (Wildman–Crippen LogP) is 2.34. The van der Waals surface area contributed by atoms with Crippen LogP contribution in [-0.2, 0) is 6.42 Å². The minimum absolute atomic E-state index is 0.656. The molecule has 3 rings (SSSR count). The Labute approximate surface area is 104 Å². The van der Waals surface area contributed by atoms with Crippen LogP contribution in [0.5, 0.6) is 0 Å². The molecule has 0 bridgehead atoms. The van der Waals surface area contributed by atoms with Crippen LogP contribution in [0.25, 0.3) is 10.8 Å². The number of aromatic nitrogens is 2. The van der Waals surface area contributed by atoms with Crippen LogP contribution in [-0.4, -0.2) is 23.2 Å². The van der Waals surface area contributed by atoms with E-state index in [9.17, 15) is 0 Å². The number of piperidine rings is 1. The van der Waals surface area contributed by atoms with Crippen molar-refractivity contribution in [2.75, 3.05) is 13.1 Å². The molecule has 0 spiro atoms. The van der Waals surface area contributed by atoms with Crippen molar-refractivity contribution in [2.45, 2.75) is 19.3 Å². The van der Waals surface area contributed by atoms with Crippen LogP contribution in [0.2, 0.25) is 0 Å². The Kier molecular flexibility index (Phi) is 3.20. The van der Waals surface area contributed by atoms with Crippen molar-refractivity contribution in [3.8, 4) is 10.8 Å². The van der Waals surface area contributed by atoms with Gasteiger partial charge in [0, 0.05) is 6.42 Å². The SMILES string of the molecule is c1csc(-c2nc(CC3CCNCC3)no2)c1. The van der Waals surface area contributed by atoms with Crippen LogP contribution in [0, 0.1) is 5.92 Å².